The van der Waals surface area contributed by atoms with Gasteiger partial charge in [-0.2, -0.15) is 0 Å². The van der Waals surface area contributed by atoms with Gasteiger partial charge in [0.05, 0.1) is 6.61 Å². The van der Waals surface area contributed by atoms with Crippen LogP contribution in [0.3, 0.4) is 0 Å². The molecule has 0 spiro atoms. The second-order valence-electron chi connectivity index (χ2n) is 11.6. The Hall–Kier alpha value is -4.27. The maximum Gasteiger partial charge on any atom is 0.469 e. The number of hydrogen-bond acceptors (Lipinski definition) is 8. The van der Waals surface area contributed by atoms with E-state index in [1.807, 2.05) is 0 Å². The van der Waals surface area contributed by atoms with Gasteiger partial charge in [-0.25, -0.2) is 13.3 Å². The van der Waals surface area contributed by atoms with Gasteiger partial charge in [-0.3, -0.25) is 18.9 Å². The molecule has 0 bridgehead atoms. The monoisotopic (exact) mass is 733 g/mol. The Morgan fingerprint density at radius 2 is 1.54 bits per heavy atom. The third-order valence-corrected chi connectivity index (χ3v) is 8.47. The van der Waals surface area contributed by atoms with Crippen molar-refractivity contribution in [3.05, 3.63) is 70.4 Å². The Morgan fingerprint density at radius 3 is 2.26 bits per heavy atom. The Morgan fingerprint density at radius 1 is 0.860 bits per heavy atom. The van der Waals surface area contributed by atoms with E-state index in [4.69, 9.17) is 26.4 Å². The van der Waals surface area contributed by atoms with Crippen LogP contribution in [-0.2, 0) is 18.7 Å². The Bertz CT molecular complexity index is 1900. The van der Waals surface area contributed by atoms with Crippen molar-refractivity contribution >= 4 is 53.5 Å². The van der Waals surface area contributed by atoms with E-state index in [1.54, 1.807) is 24.3 Å². The summed E-state index contributed by atoms with van der Waals surface area (Å²) >= 11 is 5.40. The third-order valence-electron chi connectivity index (χ3n) is 7.70. The number of rotatable bonds is 18. The number of fused-ring (bicyclic) bond motifs is 2. The first-order chi connectivity index (χ1) is 23.8. The predicted octanol–water partition coefficient (Wildman–Crippen LogP) is 6.14. The number of thiocarbonyl (C=S) groups is 1. The van der Waals surface area contributed by atoms with Gasteiger partial charge in [0.25, 0.3) is 0 Å². The summed E-state index contributed by atoms with van der Waals surface area (Å²) in [7, 11) is -4.51. The molecule has 50 heavy (non-hydrogen) atoms. The summed E-state index contributed by atoms with van der Waals surface area (Å²) in [6.07, 6.45) is 4.60. The highest BCUT2D eigenvalue weighted by Crippen LogP contribution is 2.42. The fourth-order valence-corrected chi connectivity index (χ4v) is 5.82. The van der Waals surface area contributed by atoms with Crippen molar-refractivity contribution in [3.63, 3.8) is 0 Å². The van der Waals surface area contributed by atoms with Gasteiger partial charge in [-0.05, 0) is 80.6 Å². The second kappa shape index (κ2) is 18.1. The molecule has 16 heteroatoms. The lowest BCUT2D eigenvalue weighted by Gasteiger charge is -2.16. The highest BCUT2D eigenvalue weighted by molar-refractivity contribution is 7.80. The Labute approximate surface area is 291 Å². The van der Waals surface area contributed by atoms with Crippen molar-refractivity contribution in [2.24, 2.45) is 0 Å². The predicted molar refractivity (Wildman–Crippen MR) is 188 cm³/mol. The van der Waals surface area contributed by atoms with Gasteiger partial charge < -0.3 is 35.3 Å². The summed E-state index contributed by atoms with van der Waals surface area (Å²) < 4.78 is 49.3. The Kier molecular flexibility index (Phi) is 14.0. The van der Waals surface area contributed by atoms with E-state index in [0.717, 1.165) is 43.5 Å². The number of hydrogen-bond donors (Lipinski definition) is 6. The number of halogens is 2. The van der Waals surface area contributed by atoms with E-state index in [1.165, 1.54) is 0 Å². The lowest BCUT2D eigenvalue weighted by Crippen LogP contribution is -2.29. The lowest BCUT2D eigenvalue weighted by atomic mass is 9.93. The van der Waals surface area contributed by atoms with E-state index >= 15 is 0 Å². The first-order valence-electron chi connectivity index (χ1n) is 16.0. The molecule has 1 aliphatic heterocycles. The van der Waals surface area contributed by atoms with Crippen LogP contribution in [0.15, 0.2) is 57.7 Å². The van der Waals surface area contributed by atoms with E-state index in [0.29, 0.717) is 60.7 Å². The zero-order valence-electron chi connectivity index (χ0n) is 27.0. The molecule has 2 aromatic rings. The first kappa shape index (κ1) is 38.5. The second-order valence-corrected chi connectivity index (χ2v) is 13.2. The average molecular weight is 734 g/mol. The third kappa shape index (κ3) is 11.7. The number of unbranched alkanes of at least 4 members (excludes halogenated alkanes) is 3. The smallest absolute Gasteiger partial charge is 0.469 e. The molecule has 0 fully saturated rings. The lowest BCUT2D eigenvalue weighted by molar-refractivity contribution is -0.122. The molecule has 1 heterocycles. The van der Waals surface area contributed by atoms with Crippen LogP contribution in [0.1, 0.15) is 57.8 Å². The van der Waals surface area contributed by atoms with Crippen molar-refractivity contribution < 1.29 is 46.8 Å². The van der Waals surface area contributed by atoms with E-state index in [9.17, 15) is 32.8 Å². The number of phosphoric acid groups is 1. The van der Waals surface area contributed by atoms with Gasteiger partial charge in [0, 0.05) is 66.7 Å². The summed E-state index contributed by atoms with van der Waals surface area (Å²) in [6.45, 7) is 0.953. The number of nitrogens with one attached hydrogen (secondary N) is 3. The molecule has 1 aliphatic carbocycles. The molecular weight excluding hydrogens is 695 g/mol. The van der Waals surface area contributed by atoms with Gasteiger partial charge in [0.2, 0.25) is 11.3 Å². The number of ketones is 1. The minimum Gasteiger partial charge on any atom is -0.505 e. The molecule has 4 rings (SSSR count). The van der Waals surface area contributed by atoms with Crippen molar-refractivity contribution in [1.29, 1.82) is 0 Å². The minimum atomic E-state index is -4.51. The van der Waals surface area contributed by atoms with E-state index in [2.05, 4.69) is 20.5 Å². The van der Waals surface area contributed by atoms with Gasteiger partial charge in [0.1, 0.15) is 17.1 Å². The van der Waals surface area contributed by atoms with Crippen LogP contribution < -0.4 is 21.4 Å². The molecule has 6 N–H and O–H groups in total. The van der Waals surface area contributed by atoms with Gasteiger partial charge >= 0.3 is 7.82 Å². The topological polar surface area (TPSA) is 187 Å². The van der Waals surface area contributed by atoms with Crippen LogP contribution in [0.2, 0.25) is 0 Å². The molecule has 2 aromatic carbocycles. The Balaban J connectivity index is 1.15. The fourth-order valence-electron chi connectivity index (χ4n) is 5.24. The fraction of sp³-hybridized carbons (Fsp3) is 0.353. The van der Waals surface area contributed by atoms with Crippen LogP contribution in [0.25, 0.3) is 33.4 Å². The molecule has 12 nitrogen and oxygen atoms in total. The summed E-state index contributed by atoms with van der Waals surface area (Å²) in [5, 5.41) is 19.6. The number of Topliss-reactive ketones (excluding diaryl/α,β-unsaturated/α-hetero) is 1. The highest BCUT2D eigenvalue weighted by atomic mass is 32.1. The summed E-state index contributed by atoms with van der Waals surface area (Å²) in [5.41, 5.74) is 1.22. The number of phenols is 1. The number of aromatic hydroxyl groups is 1. The molecule has 0 aromatic heterocycles. The zero-order valence-corrected chi connectivity index (χ0v) is 28.7. The molecular formula is C34H38F2N3O9PS. The maximum absolute atomic E-state index is 14.4. The molecule has 0 unspecified atom stereocenters. The quantitative estimate of drug-likeness (QED) is 0.0297. The van der Waals surface area contributed by atoms with Gasteiger partial charge in [0.15, 0.2) is 22.5 Å². The number of anilines is 1. The molecule has 0 saturated heterocycles. The van der Waals surface area contributed by atoms with Crippen LogP contribution in [0.4, 0.5) is 14.5 Å². The number of amides is 1. The number of carbonyl (C=O) groups excluding carboxylic acids is 2. The zero-order chi connectivity index (χ0) is 36.3. The number of phosphoric ester groups is 1. The number of benzene rings is 3. The normalized spacial score (nSPS) is 11.5. The van der Waals surface area contributed by atoms with Crippen molar-refractivity contribution in [3.8, 4) is 28.2 Å². The molecule has 1 amide bonds. The van der Waals surface area contributed by atoms with Crippen LogP contribution in [0.5, 0.6) is 5.75 Å². The number of phenolic OH excluding ortho intramolecular Hbond substituents is 1. The van der Waals surface area contributed by atoms with Gasteiger partial charge in [-0.15, -0.1) is 0 Å². The highest BCUT2D eigenvalue weighted by Gasteiger charge is 2.21. The standard InChI is InChI=1S/C34H38F2N3O9PS/c35-26-17-24-30(19-28(26)41)48-31-20-29(42)27(36)18-25(31)33(24)21-10-12-22(13-11-21)39-34(50)38-15-5-1-4-14-37-32(43)9-3-2-7-23(40)8-6-16-47-49(44,45)46/h10-13,17-20,41H,1-9,14-16H2,(H,37,43)(H2,38,39,50)(H2,44,45,46). The van der Waals surface area contributed by atoms with Gasteiger partial charge in [-0.1, -0.05) is 12.1 Å². The maximum atomic E-state index is 14.4. The summed E-state index contributed by atoms with van der Waals surface area (Å²) in [4.78, 5) is 53.0. The number of carbonyl (C=O) groups is 2. The van der Waals surface area contributed by atoms with Crippen LogP contribution in [-0.4, -0.2) is 51.4 Å². The molecule has 2 aliphatic rings. The minimum absolute atomic E-state index is 0.0364. The summed E-state index contributed by atoms with van der Waals surface area (Å²) in [5.74, 6) is -2.50. The SMILES string of the molecule is O=C(CCCCC(=O)NCCCCCNC(=S)Nc1ccc(-c2c3cc(F)c(=O)cc-3oc3cc(O)c(F)cc23)cc1)CCCOP(=O)(O)O. The van der Waals surface area contributed by atoms with Crippen molar-refractivity contribution in [2.75, 3.05) is 25.0 Å². The molecule has 0 saturated carbocycles. The first-order valence-corrected chi connectivity index (χ1v) is 18.0. The van der Waals surface area contributed by atoms with E-state index in [-0.39, 0.29) is 53.4 Å². The molecule has 268 valence electrons. The van der Waals surface area contributed by atoms with Crippen LogP contribution >= 0.6 is 20.0 Å². The van der Waals surface area contributed by atoms with Crippen molar-refractivity contribution in [1.82, 2.24) is 10.6 Å². The average Bonchev–Trinajstić information content (AvgIpc) is 3.05. The van der Waals surface area contributed by atoms with E-state index < -0.39 is 30.6 Å². The molecule has 0 atom stereocenters. The largest absolute Gasteiger partial charge is 0.505 e. The summed E-state index contributed by atoms with van der Waals surface area (Å²) in [6, 6.07) is 11.2. The molecule has 0 radical (unpaired) electrons. The van der Waals surface area contributed by atoms with Crippen LogP contribution in [0, 0.1) is 11.6 Å². The van der Waals surface area contributed by atoms with Crippen molar-refractivity contribution in [2.45, 2.75) is 57.8 Å².